The van der Waals surface area contributed by atoms with E-state index in [0.29, 0.717) is 53.2 Å². The van der Waals surface area contributed by atoms with Crippen LogP contribution in [0.1, 0.15) is 24.2 Å². The zero-order chi connectivity index (χ0) is 34.6. The van der Waals surface area contributed by atoms with Crippen LogP contribution in [0.2, 0.25) is 10.0 Å². The third kappa shape index (κ3) is 5.96. The van der Waals surface area contributed by atoms with Gasteiger partial charge in [-0.15, -0.1) is 0 Å². The first-order chi connectivity index (χ1) is 24.2. The van der Waals surface area contributed by atoms with Crippen molar-refractivity contribution in [2.45, 2.75) is 25.9 Å². The highest BCUT2D eigenvalue weighted by atomic mass is 35.5. The molecule has 50 heavy (non-hydrogen) atoms. The molecule has 0 bridgehead atoms. The fourth-order valence-corrected chi connectivity index (χ4v) is 8.69. The summed E-state index contributed by atoms with van der Waals surface area (Å²) in [5.41, 5.74) is 6.16. The van der Waals surface area contributed by atoms with E-state index in [9.17, 15) is 9.59 Å². The highest BCUT2D eigenvalue weighted by Crippen LogP contribution is 2.44. The molecule has 0 saturated carbocycles. The van der Waals surface area contributed by atoms with Gasteiger partial charge in [-0.2, -0.15) is 0 Å². The Labute approximate surface area is 300 Å². The fraction of sp³-hybridized carbons (Fsp3) is 0.378. The van der Waals surface area contributed by atoms with Crippen LogP contribution in [0.3, 0.4) is 0 Å². The molecular formula is C37H37Cl2N7O4. The highest BCUT2D eigenvalue weighted by molar-refractivity contribution is 6.39. The summed E-state index contributed by atoms with van der Waals surface area (Å²) in [5.74, 6) is 1.59. The zero-order valence-corrected chi connectivity index (χ0v) is 29.4. The van der Waals surface area contributed by atoms with E-state index in [-0.39, 0.29) is 22.6 Å². The van der Waals surface area contributed by atoms with E-state index in [2.05, 4.69) is 25.4 Å². The van der Waals surface area contributed by atoms with E-state index in [0.717, 1.165) is 78.5 Å². The number of carbonyl (C=O) groups excluding carboxylic acids is 2. The molecular weight excluding hydrogens is 677 g/mol. The molecule has 2 amide bonds. The first kappa shape index (κ1) is 32.9. The van der Waals surface area contributed by atoms with Crippen molar-refractivity contribution in [3.05, 3.63) is 76.4 Å². The van der Waals surface area contributed by atoms with Gasteiger partial charge in [-0.25, -0.2) is 0 Å². The summed E-state index contributed by atoms with van der Waals surface area (Å²) >= 11 is 14.2. The Balaban J connectivity index is 1.01. The topological polar surface area (TPSA) is 122 Å². The van der Waals surface area contributed by atoms with Gasteiger partial charge in [-0.3, -0.25) is 34.3 Å². The average molecular weight is 715 g/mol. The van der Waals surface area contributed by atoms with Crippen LogP contribution in [0.15, 0.2) is 55.0 Å². The molecule has 4 saturated heterocycles. The molecule has 4 aliphatic heterocycles. The third-order valence-electron chi connectivity index (χ3n) is 10.4. The van der Waals surface area contributed by atoms with E-state index >= 15 is 0 Å². The van der Waals surface area contributed by atoms with Crippen molar-refractivity contribution >= 4 is 35.0 Å². The van der Waals surface area contributed by atoms with Crippen LogP contribution in [0, 0.1) is 10.8 Å². The largest absolute Gasteiger partial charge is 0.495 e. The summed E-state index contributed by atoms with van der Waals surface area (Å²) in [4.78, 5) is 42.2. The Morgan fingerprint density at radius 2 is 1.24 bits per heavy atom. The Hall–Kier alpha value is -4.29. The predicted molar refractivity (Wildman–Crippen MR) is 190 cm³/mol. The van der Waals surface area contributed by atoms with Crippen LogP contribution in [0.5, 0.6) is 11.5 Å². The monoisotopic (exact) mass is 713 g/mol. The lowest BCUT2D eigenvalue weighted by Crippen LogP contribution is -2.56. The second-order valence-corrected chi connectivity index (χ2v) is 14.9. The fourth-order valence-electron chi connectivity index (χ4n) is 8.03. The first-order valence-electron chi connectivity index (χ1n) is 16.7. The molecule has 0 radical (unpaired) electrons. The smallest absolute Gasteiger partial charge is 0.220 e. The number of methoxy groups -OCH3 is 2. The van der Waals surface area contributed by atoms with Gasteiger partial charge in [0.25, 0.3) is 0 Å². The van der Waals surface area contributed by atoms with Gasteiger partial charge < -0.3 is 20.1 Å². The summed E-state index contributed by atoms with van der Waals surface area (Å²) in [6.07, 6.45) is 6.48. The van der Waals surface area contributed by atoms with E-state index in [1.165, 1.54) is 0 Å². The van der Waals surface area contributed by atoms with Crippen molar-refractivity contribution in [1.82, 2.24) is 35.4 Å². The Morgan fingerprint density at radius 1 is 0.720 bits per heavy atom. The average Bonchev–Trinajstić information content (AvgIpc) is 3.68. The number of benzene rings is 1. The minimum Gasteiger partial charge on any atom is -0.495 e. The zero-order valence-electron chi connectivity index (χ0n) is 27.9. The number of likely N-dealkylation sites (tertiary alicyclic amines) is 2. The highest BCUT2D eigenvalue weighted by Gasteiger charge is 2.49. The molecule has 13 heteroatoms. The molecule has 3 aromatic heterocycles. The molecule has 258 valence electrons. The van der Waals surface area contributed by atoms with Gasteiger partial charge >= 0.3 is 0 Å². The number of halogens is 2. The molecule has 0 unspecified atom stereocenters. The number of ether oxygens (including phenoxy) is 2. The van der Waals surface area contributed by atoms with Crippen molar-refractivity contribution in [2.75, 3.05) is 53.5 Å². The number of carbonyl (C=O) groups is 2. The molecule has 0 atom stereocenters. The minimum atomic E-state index is 0.0436. The number of pyridine rings is 3. The van der Waals surface area contributed by atoms with Crippen molar-refractivity contribution in [3.8, 4) is 45.0 Å². The van der Waals surface area contributed by atoms with Crippen molar-refractivity contribution < 1.29 is 19.1 Å². The molecule has 4 fully saturated rings. The second kappa shape index (κ2) is 12.8. The number of aromatic nitrogens is 3. The summed E-state index contributed by atoms with van der Waals surface area (Å²) < 4.78 is 11.5. The minimum absolute atomic E-state index is 0.0436. The van der Waals surface area contributed by atoms with Crippen LogP contribution in [-0.4, -0.2) is 90.1 Å². The third-order valence-corrected chi connectivity index (χ3v) is 11.2. The summed E-state index contributed by atoms with van der Waals surface area (Å²) in [6, 6.07) is 11.6. The lowest BCUT2D eigenvalue weighted by molar-refractivity contribution is -0.121. The van der Waals surface area contributed by atoms with Crippen LogP contribution < -0.4 is 20.1 Å². The lowest BCUT2D eigenvalue weighted by atomic mass is 9.79. The molecule has 7 heterocycles. The quantitative estimate of drug-likeness (QED) is 0.251. The van der Waals surface area contributed by atoms with Crippen LogP contribution >= 0.6 is 23.2 Å². The second-order valence-electron chi connectivity index (χ2n) is 14.1. The van der Waals surface area contributed by atoms with Crippen molar-refractivity contribution in [1.29, 1.82) is 0 Å². The van der Waals surface area contributed by atoms with Crippen LogP contribution in [-0.2, 0) is 22.7 Å². The molecule has 2 N–H and O–H groups in total. The van der Waals surface area contributed by atoms with Crippen LogP contribution in [0.4, 0.5) is 0 Å². The number of rotatable bonds is 9. The van der Waals surface area contributed by atoms with E-state index < -0.39 is 0 Å². The molecule has 11 nitrogen and oxygen atoms in total. The summed E-state index contributed by atoms with van der Waals surface area (Å²) in [7, 11) is 3.28. The number of hydrogen-bond donors (Lipinski definition) is 2. The van der Waals surface area contributed by atoms with Gasteiger partial charge in [0.2, 0.25) is 11.8 Å². The van der Waals surface area contributed by atoms with Gasteiger partial charge in [0.05, 0.1) is 41.3 Å². The number of hydrogen-bond acceptors (Lipinski definition) is 9. The summed E-state index contributed by atoms with van der Waals surface area (Å²) in [5, 5.41) is 6.89. The Kier molecular flexibility index (Phi) is 8.42. The van der Waals surface area contributed by atoms with Crippen molar-refractivity contribution in [2.24, 2.45) is 10.8 Å². The number of nitrogens with one attached hydrogen (secondary N) is 2. The first-order valence-corrected chi connectivity index (χ1v) is 17.4. The molecule has 1 aromatic carbocycles. The summed E-state index contributed by atoms with van der Waals surface area (Å²) in [6.45, 7) is 6.16. The Bertz CT molecular complexity index is 1870. The maximum atomic E-state index is 11.7. The maximum Gasteiger partial charge on any atom is 0.220 e. The van der Waals surface area contributed by atoms with E-state index in [1.807, 2.05) is 42.6 Å². The van der Waals surface area contributed by atoms with E-state index in [4.69, 9.17) is 42.6 Å². The maximum absolute atomic E-state index is 11.7. The molecule has 8 rings (SSSR count). The number of nitrogens with zero attached hydrogens (tertiary/aromatic N) is 5. The van der Waals surface area contributed by atoms with Crippen molar-refractivity contribution in [3.63, 3.8) is 0 Å². The standard InChI is InChI=1S/C37H37Cl2N7O4/c1-49-29-8-22(12-41-27(29)14-45-18-36(19-45)10-31(47)43-16-36)24-4-3-5-25(33(24)38)26-6-7-40-35(34(26)39)23-9-30(50-2)28(42-13-23)15-46-20-37(21-46)11-32(48)44-17-37/h3-9,12-13H,10-11,14-21H2,1-2H3,(H,43,47)(H,44,48). The van der Waals surface area contributed by atoms with Gasteiger partial charge in [-0.1, -0.05) is 41.4 Å². The number of amides is 2. The lowest BCUT2D eigenvalue weighted by Gasteiger charge is -2.47. The molecule has 4 aliphatic rings. The van der Waals surface area contributed by atoms with Crippen LogP contribution in [0.25, 0.3) is 33.5 Å². The SMILES string of the molecule is COc1cc(-c2cccc(-c3ccnc(-c4cnc(CN5CC6(CNC(=O)C6)C5)c(OC)c4)c3Cl)c2Cl)cnc1CN1CC2(CNC(=O)C2)C1. The van der Waals surface area contributed by atoms with Gasteiger partial charge in [-0.05, 0) is 18.2 Å². The molecule has 2 spiro atoms. The van der Waals surface area contributed by atoms with Gasteiger partial charge in [0.1, 0.15) is 11.5 Å². The van der Waals surface area contributed by atoms with Gasteiger partial charge in [0.15, 0.2) is 0 Å². The van der Waals surface area contributed by atoms with E-state index in [1.54, 1.807) is 26.6 Å². The normalized spacial score (nSPS) is 19.3. The molecule has 4 aromatic rings. The molecule has 0 aliphatic carbocycles. The van der Waals surface area contributed by atoms with Gasteiger partial charge in [0, 0.05) is 122 Å². The predicted octanol–water partition coefficient (Wildman–Crippen LogP) is 4.84. The Morgan fingerprint density at radius 3 is 1.78 bits per heavy atom.